The van der Waals surface area contributed by atoms with E-state index >= 15 is 0 Å². The van der Waals surface area contributed by atoms with Gasteiger partial charge in [-0.3, -0.25) is 4.79 Å². The molecule has 0 fully saturated rings. The van der Waals surface area contributed by atoms with Crippen molar-refractivity contribution in [3.05, 3.63) is 63.1 Å². The Bertz CT molecular complexity index is 708. The minimum atomic E-state index is -1.67. The molecule has 0 spiro atoms. The molecule has 0 aliphatic rings. The van der Waals surface area contributed by atoms with Gasteiger partial charge in [0, 0.05) is 11.6 Å². The van der Waals surface area contributed by atoms with Gasteiger partial charge in [0.25, 0.3) is 0 Å². The van der Waals surface area contributed by atoms with Crippen molar-refractivity contribution in [2.24, 2.45) is 0 Å². The summed E-state index contributed by atoms with van der Waals surface area (Å²) >= 11 is 2.90. The third-order valence-corrected chi connectivity index (χ3v) is 3.34. The summed E-state index contributed by atoms with van der Waals surface area (Å²) < 4.78 is 57.5. The Balaban J connectivity index is 2.57. The van der Waals surface area contributed by atoms with Crippen LogP contribution in [-0.2, 0) is 0 Å². The molecule has 0 radical (unpaired) electrons. The zero-order chi connectivity index (χ0) is 15.7. The summed E-state index contributed by atoms with van der Waals surface area (Å²) in [5, 5.41) is 0. The molecule has 0 unspecified atom stereocenters. The van der Waals surface area contributed by atoms with E-state index in [2.05, 4.69) is 15.9 Å². The fraction of sp³-hybridized carbons (Fsp3) is 0.0714. The Hall–Kier alpha value is -1.89. The lowest BCUT2D eigenvalue weighted by atomic mass is 10.0. The molecular weight excluding hydrogens is 356 g/mol. The largest absolute Gasteiger partial charge is 0.496 e. The lowest BCUT2D eigenvalue weighted by molar-refractivity contribution is 0.103. The Morgan fingerprint density at radius 1 is 1.00 bits per heavy atom. The predicted molar refractivity (Wildman–Crippen MR) is 70.4 cm³/mol. The van der Waals surface area contributed by atoms with Gasteiger partial charge in [-0.1, -0.05) is 0 Å². The average Bonchev–Trinajstić information content (AvgIpc) is 2.45. The van der Waals surface area contributed by atoms with E-state index in [1.54, 1.807) is 0 Å². The molecule has 0 amide bonds. The summed E-state index contributed by atoms with van der Waals surface area (Å²) in [5.41, 5.74) is -0.528. The molecule has 2 aromatic rings. The fourth-order valence-corrected chi connectivity index (χ4v) is 2.06. The van der Waals surface area contributed by atoms with E-state index in [1.807, 2.05) is 0 Å². The third kappa shape index (κ3) is 2.92. The van der Waals surface area contributed by atoms with Crippen LogP contribution >= 0.6 is 15.9 Å². The number of carbonyl (C=O) groups is 1. The molecule has 2 rings (SSSR count). The van der Waals surface area contributed by atoms with Crippen LogP contribution in [0, 0.1) is 23.3 Å². The van der Waals surface area contributed by atoms with E-state index in [0.717, 1.165) is 12.1 Å². The maximum Gasteiger partial charge on any atom is 0.197 e. The molecular formula is C14H7BrF4O2. The number of carbonyl (C=O) groups excluding carboxylic acids is 1. The van der Waals surface area contributed by atoms with Gasteiger partial charge >= 0.3 is 0 Å². The van der Waals surface area contributed by atoms with Crippen molar-refractivity contribution < 1.29 is 27.1 Å². The molecule has 2 aromatic carbocycles. The lowest BCUT2D eigenvalue weighted by Gasteiger charge is -2.09. The van der Waals surface area contributed by atoms with Gasteiger partial charge in [0.05, 0.1) is 17.1 Å². The lowest BCUT2D eigenvalue weighted by Crippen LogP contribution is -2.07. The van der Waals surface area contributed by atoms with Gasteiger partial charge in [-0.15, -0.1) is 0 Å². The number of ether oxygens (including phenoxy) is 1. The van der Waals surface area contributed by atoms with E-state index in [0.29, 0.717) is 12.1 Å². The molecule has 0 heterocycles. The molecule has 0 saturated carbocycles. The molecule has 0 saturated heterocycles. The van der Waals surface area contributed by atoms with Gasteiger partial charge in [0.1, 0.15) is 11.6 Å². The number of hydrogen-bond donors (Lipinski definition) is 0. The van der Waals surface area contributed by atoms with Crippen molar-refractivity contribution >= 4 is 21.7 Å². The highest BCUT2D eigenvalue weighted by atomic mass is 79.9. The summed E-state index contributed by atoms with van der Waals surface area (Å²) in [7, 11) is 1.21. The standard InChI is InChI=1S/C14H7BrF4O2/c1-21-12-5-9(16)8(15)4-7(12)14(20)6-2-10(17)13(19)11(18)3-6/h2-5H,1H3. The summed E-state index contributed by atoms with van der Waals surface area (Å²) in [6.07, 6.45) is 0. The number of ketones is 1. The summed E-state index contributed by atoms with van der Waals surface area (Å²) in [5.74, 6) is -6.24. The molecule has 21 heavy (non-hydrogen) atoms. The summed E-state index contributed by atoms with van der Waals surface area (Å²) in [6, 6.07) is 3.21. The van der Waals surface area contributed by atoms with Crippen LogP contribution in [0.5, 0.6) is 5.75 Å². The highest BCUT2D eigenvalue weighted by Crippen LogP contribution is 2.29. The monoisotopic (exact) mass is 362 g/mol. The Labute approximate surface area is 125 Å². The van der Waals surface area contributed by atoms with Gasteiger partial charge in [-0.2, -0.15) is 0 Å². The molecule has 0 aliphatic heterocycles. The SMILES string of the molecule is COc1cc(F)c(Br)cc1C(=O)c1cc(F)c(F)c(F)c1. The van der Waals surface area contributed by atoms with Crippen molar-refractivity contribution in [2.75, 3.05) is 7.11 Å². The van der Waals surface area contributed by atoms with Crippen LogP contribution in [0.4, 0.5) is 17.6 Å². The molecule has 110 valence electrons. The van der Waals surface area contributed by atoms with Crippen molar-refractivity contribution in [3.8, 4) is 5.75 Å². The van der Waals surface area contributed by atoms with Crippen molar-refractivity contribution in [2.45, 2.75) is 0 Å². The summed E-state index contributed by atoms with van der Waals surface area (Å²) in [4.78, 5) is 12.2. The van der Waals surface area contributed by atoms with Crippen LogP contribution in [0.25, 0.3) is 0 Å². The highest BCUT2D eigenvalue weighted by Gasteiger charge is 2.20. The van der Waals surface area contributed by atoms with Gasteiger partial charge in [0.2, 0.25) is 0 Å². The first-order valence-electron chi connectivity index (χ1n) is 5.57. The van der Waals surface area contributed by atoms with Gasteiger partial charge in [-0.25, -0.2) is 17.6 Å². The van der Waals surface area contributed by atoms with E-state index in [1.165, 1.54) is 7.11 Å². The van der Waals surface area contributed by atoms with Crippen LogP contribution in [-0.4, -0.2) is 12.9 Å². The van der Waals surface area contributed by atoms with Crippen molar-refractivity contribution in [3.63, 3.8) is 0 Å². The quantitative estimate of drug-likeness (QED) is 0.463. The predicted octanol–water partition coefficient (Wildman–Crippen LogP) is 4.25. The van der Waals surface area contributed by atoms with Gasteiger partial charge in [-0.05, 0) is 34.1 Å². The second-order valence-electron chi connectivity index (χ2n) is 4.05. The van der Waals surface area contributed by atoms with Gasteiger partial charge in [0.15, 0.2) is 23.2 Å². The van der Waals surface area contributed by atoms with Crippen LogP contribution in [0.1, 0.15) is 15.9 Å². The average molecular weight is 363 g/mol. The van der Waals surface area contributed by atoms with E-state index in [-0.39, 0.29) is 15.8 Å². The number of methoxy groups -OCH3 is 1. The molecule has 0 atom stereocenters. The zero-order valence-electron chi connectivity index (χ0n) is 10.5. The molecule has 0 N–H and O–H groups in total. The van der Waals surface area contributed by atoms with Crippen molar-refractivity contribution in [1.29, 1.82) is 0 Å². The first-order valence-corrected chi connectivity index (χ1v) is 6.36. The summed E-state index contributed by atoms with van der Waals surface area (Å²) in [6.45, 7) is 0. The molecule has 0 aromatic heterocycles. The number of hydrogen-bond acceptors (Lipinski definition) is 2. The molecule has 7 heteroatoms. The maximum absolute atomic E-state index is 13.4. The number of rotatable bonds is 3. The van der Waals surface area contributed by atoms with Crippen LogP contribution in [0.3, 0.4) is 0 Å². The smallest absolute Gasteiger partial charge is 0.197 e. The first-order chi connectivity index (χ1) is 9.85. The second-order valence-corrected chi connectivity index (χ2v) is 4.90. The second kappa shape index (κ2) is 5.85. The minimum Gasteiger partial charge on any atom is -0.496 e. The number of benzene rings is 2. The first kappa shape index (κ1) is 15.5. The molecule has 0 aliphatic carbocycles. The normalized spacial score (nSPS) is 10.6. The fourth-order valence-electron chi connectivity index (χ4n) is 1.72. The third-order valence-electron chi connectivity index (χ3n) is 2.73. The van der Waals surface area contributed by atoms with Crippen LogP contribution < -0.4 is 4.74 Å². The molecule has 0 bridgehead atoms. The Morgan fingerprint density at radius 2 is 1.57 bits per heavy atom. The highest BCUT2D eigenvalue weighted by molar-refractivity contribution is 9.10. The van der Waals surface area contributed by atoms with E-state index < -0.39 is 34.6 Å². The Kier molecular flexibility index (Phi) is 4.32. The Morgan fingerprint density at radius 3 is 2.10 bits per heavy atom. The number of halogens is 5. The van der Waals surface area contributed by atoms with E-state index in [4.69, 9.17) is 4.74 Å². The molecule has 2 nitrogen and oxygen atoms in total. The van der Waals surface area contributed by atoms with Crippen LogP contribution in [0.15, 0.2) is 28.7 Å². The van der Waals surface area contributed by atoms with Gasteiger partial charge < -0.3 is 4.74 Å². The van der Waals surface area contributed by atoms with Crippen LogP contribution in [0.2, 0.25) is 0 Å². The maximum atomic E-state index is 13.4. The minimum absolute atomic E-state index is 0.0188. The zero-order valence-corrected chi connectivity index (χ0v) is 12.1. The van der Waals surface area contributed by atoms with Crippen molar-refractivity contribution in [1.82, 2.24) is 0 Å². The van der Waals surface area contributed by atoms with E-state index in [9.17, 15) is 22.4 Å². The topological polar surface area (TPSA) is 26.3 Å².